The molecule has 0 atom stereocenters. The standard InChI is InChI=1S/C15H17NO3/c1-3-10-19-11-9-16-8-7-12-5-4-6-13(14(12)16)15(17)18-2/h3-8H,1,9-11H2,2H3. The first-order chi connectivity index (χ1) is 9.27. The zero-order chi connectivity index (χ0) is 13.7. The van der Waals surface area contributed by atoms with Gasteiger partial charge in [0.15, 0.2) is 0 Å². The average Bonchev–Trinajstić information content (AvgIpc) is 2.86. The van der Waals surface area contributed by atoms with Crippen molar-refractivity contribution in [3.8, 4) is 0 Å². The van der Waals surface area contributed by atoms with Crippen LogP contribution in [0.4, 0.5) is 0 Å². The molecule has 0 aliphatic heterocycles. The van der Waals surface area contributed by atoms with Gasteiger partial charge in [-0.25, -0.2) is 4.79 Å². The molecule has 0 fully saturated rings. The number of aromatic nitrogens is 1. The summed E-state index contributed by atoms with van der Waals surface area (Å²) in [4.78, 5) is 11.8. The first-order valence-corrected chi connectivity index (χ1v) is 6.12. The number of nitrogens with zero attached hydrogens (tertiary/aromatic N) is 1. The lowest BCUT2D eigenvalue weighted by atomic mass is 10.1. The quantitative estimate of drug-likeness (QED) is 0.455. The van der Waals surface area contributed by atoms with Crippen molar-refractivity contribution in [2.75, 3.05) is 20.3 Å². The summed E-state index contributed by atoms with van der Waals surface area (Å²) in [6.45, 7) is 5.39. The Hall–Kier alpha value is -2.07. The van der Waals surface area contributed by atoms with E-state index in [4.69, 9.17) is 9.47 Å². The highest BCUT2D eigenvalue weighted by Gasteiger charge is 2.13. The normalized spacial score (nSPS) is 10.6. The third-order valence-corrected chi connectivity index (χ3v) is 2.91. The Labute approximate surface area is 112 Å². The molecule has 0 radical (unpaired) electrons. The minimum Gasteiger partial charge on any atom is -0.465 e. The van der Waals surface area contributed by atoms with Crippen LogP contribution in [0.25, 0.3) is 10.9 Å². The number of para-hydroxylation sites is 1. The smallest absolute Gasteiger partial charge is 0.340 e. The zero-order valence-corrected chi connectivity index (χ0v) is 11.0. The maximum Gasteiger partial charge on any atom is 0.340 e. The summed E-state index contributed by atoms with van der Waals surface area (Å²) in [6.07, 6.45) is 3.67. The van der Waals surface area contributed by atoms with Crippen molar-refractivity contribution in [2.24, 2.45) is 0 Å². The third-order valence-electron chi connectivity index (χ3n) is 2.91. The summed E-state index contributed by atoms with van der Waals surface area (Å²) >= 11 is 0. The number of fused-ring (bicyclic) bond motifs is 1. The topological polar surface area (TPSA) is 40.5 Å². The Balaban J connectivity index is 2.29. The van der Waals surface area contributed by atoms with E-state index in [1.807, 2.05) is 29.0 Å². The minimum absolute atomic E-state index is 0.322. The molecule has 0 saturated carbocycles. The molecule has 1 heterocycles. The van der Waals surface area contributed by atoms with E-state index in [0.29, 0.717) is 25.3 Å². The molecule has 1 aromatic carbocycles. The fourth-order valence-corrected chi connectivity index (χ4v) is 2.05. The molecule has 0 aliphatic rings. The number of carbonyl (C=O) groups excluding carboxylic acids is 1. The van der Waals surface area contributed by atoms with Crippen molar-refractivity contribution in [3.63, 3.8) is 0 Å². The van der Waals surface area contributed by atoms with Crippen LogP contribution in [0.5, 0.6) is 0 Å². The van der Waals surface area contributed by atoms with E-state index < -0.39 is 0 Å². The van der Waals surface area contributed by atoms with Crippen molar-refractivity contribution in [2.45, 2.75) is 6.54 Å². The second-order valence-corrected chi connectivity index (χ2v) is 4.11. The lowest BCUT2D eigenvalue weighted by molar-refractivity contribution is 0.0602. The minimum atomic E-state index is -0.322. The van der Waals surface area contributed by atoms with E-state index >= 15 is 0 Å². The molecule has 100 valence electrons. The number of methoxy groups -OCH3 is 1. The van der Waals surface area contributed by atoms with Gasteiger partial charge in [-0.1, -0.05) is 18.2 Å². The Bertz CT molecular complexity index is 586. The maximum atomic E-state index is 11.8. The molecular formula is C15H17NO3. The Morgan fingerprint density at radius 2 is 2.26 bits per heavy atom. The zero-order valence-electron chi connectivity index (χ0n) is 11.0. The lowest BCUT2D eigenvalue weighted by Crippen LogP contribution is -2.09. The van der Waals surface area contributed by atoms with Crippen LogP contribution in [0.1, 0.15) is 10.4 Å². The highest BCUT2D eigenvalue weighted by atomic mass is 16.5. The van der Waals surface area contributed by atoms with Crippen molar-refractivity contribution < 1.29 is 14.3 Å². The van der Waals surface area contributed by atoms with Crippen molar-refractivity contribution in [3.05, 3.63) is 48.7 Å². The number of ether oxygens (including phenoxy) is 2. The van der Waals surface area contributed by atoms with Gasteiger partial charge in [-0.2, -0.15) is 0 Å². The SMILES string of the molecule is C=CCOCCn1ccc2cccc(C(=O)OC)c21. The molecule has 19 heavy (non-hydrogen) atoms. The monoisotopic (exact) mass is 259 g/mol. The van der Waals surface area contributed by atoms with Crippen LogP contribution < -0.4 is 0 Å². The van der Waals surface area contributed by atoms with Gasteiger partial charge in [-0.15, -0.1) is 6.58 Å². The fraction of sp³-hybridized carbons (Fsp3) is 0.267. The third kappa shape index (κ3) is 2.85. The second kappa shape index (κ2) is 6.20. The largest absolute Gasteiger partial charge is 0.465 e. The summed E-state index contributed by atoms with van der Waals surface area (Å²) in [7, 11) is 1.39. The molecule has 0 amide bonds. The van der Waals surface area contributed by atoms with Gasteiger partial charge >= 0.3 is 5.97 Å². The summed E-state index contributed by atoms with van der Waals surface area (Å²) in [6, 6.07) is 7.58. The molecule has 2 aromatic rings. The number of rotatable bonds is 6. The molecule has 1 aromatic heterocycles. The predicted octanol–water partition coefficient (Wildman–Crippen LogP) is 2.63. The molecule has 0 spiro atoms. The molecule has 0 unspecified atom stereocenters. The molecule has 2 rings (SSSR count). The van der Waals surface area contributed by atoms with Gasteiger partial charge in [0.05, 0.1) is 31.4 Å². The van der Waals surface area contributed by atoms with E-state index in [1.54, 1.807) is 12.1 Å². The van der Waals surface area contributed by atoms with Gasteiger partial charge in [0, 0.05) is 18.1 Å². The van der Waals surface area contributed by atoms with Crippen molar-refractivity contribution in [1.82, 2.24) is 4.57 Å². The first-order valence-electron chi connectivity index (χ1n) is 6.12. The van der Waals surface area contributed by atoms with Crippen LogP contribution in [0.3, 0.4) is 0 Å². The van der Waals surface area contributed by atoms with E-state index in [1.165, 1.54) is 7.11 Å². The van der Waals surface area contributed by atoms with Gasteiger partial charge in [-0.3, -0.25) is 0 Å². The molecule has 0 aliphatic carbocycles. The van der Waals surface area contributed by atoms with Crippen molar-refractivity contribution in [1.29, 1.82) is 0 Å². The number of hydrogen-bond donors (Lipinski definition) is 0. The van der Waals surface area contributed by atoms with E-state index in [0.717, 1.165) is 10.9 Å². The fourth-order valence-electron chi connectivity index (χ4n) is 2.05. The molecule has 4 nitrogen and oxygen atoms in total. The number of carbonyl (C=O) groups is 1. The van der Waals surface area contributed by atoms with Gasteiger partial charge in [0.2, 0.25) is 0 Å². The average molecular weight is 259 g/mol. The maximum absolute atomic E-state index is 11.8. The van der Waals surface area contributed by atoms with E-state index in [-0.39, 0.29) is 5.97 Å². The first kappa shape index (κ1) is 13.4. The van der Waals surface area contributed by atoms with Crippen molar-refractivity contribution >= 4 is 16.9 Å². The lowest BCUT2D eigenvalue weighted by Gasteiger charge is -2.08. The van der Waals surface area contributed by atoms with E-state index in [9.17, 15) is 4.79 Å². The highest BCUT2D eigenvalue weighted by Crippen LogP contribution is 2.21. The summed E-state index contributed by atoms with van der Waals surface area (Å²) in [5.74, 6) is -0.322. The Morgan fingerprint density at radius 3 is 3.00 bits per heavy atom. The molecule has 0 saturated heterocycles. The van der Waals surface area contributed by atoms with Crippen LogP contribution in [0.2, 0.25) is 0 Å². The van der Waals surface area contributed by atoms with Crippen LogP contribution in [-0.2, 0) is 16.0 Å². The molecule has 0 N–H and O–H groups in total. The molecular weight excluding hydrogens is 242 g/mol. The summed E-state index contributed by atoms with van der Waals surface area (Å²) in [5, 5.41) is 1.02. The van der Waals surface area contributed by atoms with Crippen LogP contribution in [0, 0.1) is 0 Å². The summed E-state index contributed by atoms with van der Waals surface area (Å²) in [5.41, 5.74) is 1.46. The van der Waals surface area contributed by atoms with E-state index in [2.05, 4.69) is 6.58 Å². The van der Waals surface area contributed by atoms with Gasteiger partial charge in [0.25, 0.3) is 0 Å². The molecule has 0 bridgehead atoms. The number of esters is 1. The van der Waals surface area contributed by atoms with Gasteiger partial charge < -0.3 is 14.0 Å². The van der Waals surface area contributed by atoms with Crippen LogP contribution in [-0.4, -0.2) is 30.9 Å². The molecule has 4 heteroatoms. The van der Waals surface area contributed by atoms with Gasteiger partial charge in [0.1, 0.15) is 0 Å². The number of hydrogen-bond acceptors (Lipinski definition) is 3. The van der Waals surface area contributed by atoms with Crippen LogP contribution in [0.15, 0.2) is 43.1 Å². The van der Waals surface area contributed by atoms with Crippen LogP contribution >= 0.6 is 0 Å². The Kier molecular flexibility index (Phi) is 4.36. The van der Waals surface area contributed by atoms with Gasteiger partial charge in [-0.05, 0) is 12.1 Å². The predicted molar refractivity (Wildman–Crippen MR) is 74.3 cm³/mol. The second-order valence-electron chi connectivity index (χ2n) is 4.11. The Morgan fingerprint density at radius 1 is 1.42 bits per heavy atom. The highest BCUT2D eigenvalue weighted by molar-refractivity contribution is 6.03. The summed E-state index contributed by atoms with van der Waals surface area (Å²) < 4.78 is 12.2. The number of benzene rings is 1.